The van der Waals surface area contributed by atoms with Gasteiger partial charge in [-0.1, -0.05) is 0 Å². The number of carbonyl (C=O) groups excluding carboxylic acids is 1. The topological polar surface area (TPSA) is 72.4 Å². The molecular formula is C6H14ClN3O. The van der Waals surface area contributed by atoms with E-state index >= 15 is 0 Å². The number of primary amides is 1. The van der Waals surface area contributed by atoms with E-state index < -0.39 is 0 Å². The van der Waals surface area contributed by atoms with Gasteiger partial charge in [0.15, 0.2) is 0 Å². The van der Waals surface area contributed by atoms with E-state index in [1.807, 2.05) is 0 Å². The number of nitrogens with zero attached hydrogens (tertiary/aromatic N) is 1. The molecule has 5 heteroatoms. The third-order valence-corrected chi connectivity index (χ3v) is 1.77. The summed E-state index contributed by atoms with van der Waals surface area (Å²) in [5, 5.41) is 0. The standard InChI is InChI=1S/C6H13N3O.ClH/c7-5-2-1-3-9(4-5)6(8)10;/h5H,1-4,7H2,(H2,8,10);1H. The van der Waals surface area contributed by atoms with Gasteiger partial charge in [-0.25, -0.2) is 4.79 Å². The Morgan fingerprint density at radius 1 is 1.55 bits per heavy atom. The van der Waals surface area contributed by atoms with Crippen molar-refractivity contribution in [3.05, 3.63) is 0 Å². The van der Waals surface area contributed by atoms with Gasteiger partial charge < -0.3 is 16.4 Å². The molecule has 66 valence electrons. The monoisotopic (exact) mass is 179 g/mol. The molecule has 1 unspecified atom stereocenters. The predicted molar refractivity (Wildman–Crippen MR) is 45.6 cm³/mol. The lowest BCUT2D eigenvalue weighted by atomic mass is 10.1. The lowest BCUT2D eigenvalue weighted by Crippen LogP contribution is -2.47. The highest BCUT2D eigenvalue weighted by molar-refractivity contribution is 5.85. The Morgan fingerprint density at radius 2 is 2.18 bits per heavy atom. The molecular weight excluding hydrogens is 166 g/mol. The summed E-state index contributed by atoms with van der Waals surface area (Å²) in [6.07, 6.45) is 1.98. The van der Waals surface area contributed by atoms with Crippen molar-refractivity contribution in [2.24, 2.45) is 11.5 Å². The van der Waals surface area contributed by atoms with E-state index in [1.165, 1.54) is 0 Å². The van der Waals surface area contributed by atoms with Crippen molar-refractivity contribution in [1.82, 2.24) is 4.90 Å². The van der Waals surface area contributed by atoms with Gasteiger partial charge in [-0.2, -0.15) is 0 Å². The summed E-state index contributed by atoms with van der Waals surface area (Å²) in [4.78, 5) is 12.2. The summed E-state index contributed by atoms with van der Waals surface area (Å²) in [5.41, 5.74) is 10.7. The van der Waals surface area contributed by atoms with Crippen LogP contribution in [0.2, 0.25) is 0 Å². The summed E-state index contributed by atoms with van der Waals surface area (Å²) < 4.78 is 0. The van der Waals surface area contributed by atoms with Crippen LogP contribution >= 0.6 is 12.4 Å². The van der Waals surface area contributed by atoms with Crippen LogP contribution in [0.3, 0.4) is 0 Å². The van der Waals surface area contributed by atoms with E-state index in [0.717, 1.165) is 19.4 Å². The van der Waals surface area contributed by atoms with E-state index in [9.17, 15) is 4.79 Å². The number of rotatable bonds is 0. The number of hydrogen-bond donors (Lipinski definition) is 2. The Labute approximate surface area is 72.3 Å². The van der Waals surface area contributed by atoms with Gasteiger partial charge in [-0.05, 0) is 12.8 Å². The Bertz CT molecular complexity index is 142. The Balaban J connectivity index is 0.000001000. The van der Waals surface area contributed by atoms with Gasteiger partial charge in [-0.15, -0.1) is 12.4 Å². The summed E-state index contributed by atoms with van der Waals surface area (Å²) in [5.74, 6) is 0. The van der Waals surface area contributed by atoms with E-state index in [0.29, 0.717) is 6.54 Å². The summed E-state index contributed by atoms with van der Waals surface area (Å²) in [6.45, 7) is 1.39. The largest absolute Gasteiger partial charge is 0.351 e. The number of carbonyl (C=O) groups is 1. The van der Waals surface area contributed by atoms with Crippen LogP contribution in [0.1, 0.15) is 12.8 Å². The Kier molecular flexibility index (Phi) is 4.22. The maximum Gasteiger partial charge on any atom is 0.314 e. The molecule has 2 amide bonds. The molecule has 0 saturated carbocycles. The first-order valence-corrected chi connectivity index (χ1v) is 3.50. The van der Waals surface area contributed by atoms with Crippen LogP contribution in [0, 0.1) is 0 Å². The average Bonchev–Trinajstić information content (AvgIpc) is 1.88. The second-order valence-electron chi connectivity index (χ2n) is 2.69. The normalized spacial score (nSPS) is 24.1. The Morgan fingerprint density at radius 3 is 2.55 bits per heavy atom. The molecule has 4 N–H and O–H groups in total. The van der Waals surface area contributed by atoms with Crippen molar-refractivity contribution >= 4 is 18.4 Å². The molecule has 1 aliphatic heterocycles. The summed E-state index contributed by atoms with van der Waals surface area (Å²) >= 11 is 0. The zero-order valence-corrected chi connectivity index (χ0v) is 7.14. The van der Waals surface area contributed by atoms with Crippen LogP contribution in [0.15, 0.2) is 0 Å². The molecule has 0 aromatic carbocycles. The zero-order valence-electron chi connectivity index (χ0n) is 6.32. The number of likely N-dealkylation sites (tertiary alicyclic amines) is 1. The Hall–Kier alpha value is -0.480. The van der Waals surface area contributed by atoms with Crippen molar-refractivity contribution in [3.63, 3.8) is 0 Å². The zero-order chi connectivity index (χ0) is 7.56. The van der Waals surface area contributed by atoms with Crippen LogP contribution in [-0.2, 0) is 0 Å². The van der Waals surface area contributed by atoms with Gasteiger partial charge in [0.1, 0.15) is 0 Å². The quantitative estimate of drug-likeness (QED) is 0.546. The van der Waals surface area contributed by atoms with Crippen LogP contribution in [0.5, 0.6) is 0 Å². The lowest BCUT2D eigenvalue weighted by molar-refractivity contribution is 0.189. The highest BCUT2D eigenvalue weighted by Crippen LogP contribution is 2.06. The fraction of sp³-hybridized carbons (Fsp3) is 0.833. The maximum absolute atomic E-state index is 10.6. The molecule has 1 aliphatic rings. The molecule has 11 heavy (non-hydrogen) atoms. The first-order chi connectivity index (χ1) is 4.70. The molecule has 0 radical (unpaired) electrons. The predicted octanol–water partition coefficient (Wildman–Crippen LogP) is -0.0900. The third kappa shape index (κ3) is 2.95. The van der Waals surface area contributed by atoms with Gasteiger partial charge in [0.05, 0.1) is 0 Å². The minimum atomic E-state index is -0.352. The van der Waals surface area contributed by atoms with Crippen molar-refractivity contribution < 1.29 is 4.79 Å². The van der Waals surface area contributed by atoms with E-state index in [2.05, 4.69) is 0 Å². The van der Waals surface area contributed by atoms with Crippen molar-refractivity contribution in [2.75, 3.05) is 13.1 Å². The van der Waals surface area contributed by atoms with Gasteiger partial charge >= 0.3 is 6.03 Å². The van der Waals surface area contributed by atoms with Crippen molar-refractivity contribution in [3.8, 4) is 0 Å². The molecule has 0 aliphatic carbocycles. The van der Waals surface area contributed by atoms with Crippen LogP contribution in [0.25, 0.3) is 0 Å². The molecule has 0 aromatic heterocycles. The minimum Gasteiger partial charge on any atom is -0.351 e. The van der Waals surface area contributed by atoms with Crippen LogP contribution in [0.4, 0.5) is 4.79 Å². The number of amides is 2. The molecule has 1 atom stereocenters. The molecule has 0 aromatic rings. The number of nitrogens with two attached hydrogens (primary N) is 2. The fourth-order valence-electron chi connectivity index (χ4n) is 1.21. The maximum atomic E-state index is 10.6. The smallest absolute Gasteiger partial charge is 0.314 e. The fourth-order valence-corrected chi connectivity index (χ4v) is 1.21. The molecule has 1 rings (SSSR count). The van der Waals surface area contributed by atoms with E-state index in [1.54, 1.807) is 4.90 Å². The summed E-state index contributed by atoms with van der Waals surface area (Å²) in [7, 11) is 0. The number of hydrogen-bond acceptors (Lipinski definition) is 2. The molecule has 0 bridgehead atoms. The van der Waals surface area contributed by atoms with E-state index in [4.69, 9.17) is 11.5 Å². The first-order valence-electron chi connectivity index (χ1n) is 3.50. The van der Waals surface area contributed by atoms with Crippen molar-refractivity contribution in [2.45, 2.75) is 18.9 Å². The number of halogens is 1. The molecule has 1 saturated heterocycles. The number of urea groups is 1. The second-order valence-corrected chi connectivity index (χ2v) is 2.69. The molecule has 0 spiro atoms. The first kappa shape index (κ1) is 10.5. The van der Waals surface area contributed by atoms with Crippen LogP contribution in [-0.4, -0.2) is 30.1 Å². The highest BCUT2D eigenvalue weighted by Gasteiger charge is 2.18. The number of piperidine rings is 1. The molecule has 1 heterocycles. The van der Waals surface area contributed by atoms with Gasteiger partial charge in [0, 0.05) is 19.1 Å². The third-order valence-electron chi connectivity index (χ3n) is 1.77. The second kappa shape index (κ2) is 4.41. The van der Waals surface area contributed by atoms with Gasteiger partial charge in [0.25, 0.3) is 0 Å². The van der Waals surface area contributed by atoms with Gasteiger partial charge in [-0.3, -0.25) is 0 Å². The van der Waals surface area contributed by atoms with Gasteiger partial charge in [0.2, 0.25) is 0 Å². The lowest BCUT2D eigenvalue weighted by Gasteiger charge is -2.28. The van der Waals surface area contributed by atoms with Crippen LogP contribution < -0.4 is 11.5 Å². The summed E-state index contributed by atoms with van der Waals surface area (Å²) in [6, 6.07) is -0.226. The minimum absolute atomic E-state index is 0. The van der Waals surface area contributed by atoms with Crippen molar-refractivity contribution in [1.29, 1.82) is 0 Å². The SMILES string of the molecule is Cl.NC(=O)N1CCCC(N)C1. The highest BCUT2D eigenvalue weighted by atomic mass is 35.5. The molecule has 4 nitrogen and oxygen atoms in total. The average molecular weight is 180 g/mol. The molecule has 1 fully saturated rings. The van der Waals surface area contributed by atoms with E-state index in [-0.39, 0.29) is 24.5 Å².